The summed E-state index contributed by atoms with van der Waals surface area (Å²) in [5, 5.41) is 9.30. The highest BCUT2D eigenvalue weighted by Gasteiger charge is 2.16. The molecule has 0 spiro atoms. The Hall–Kier alpha value is -1.86. The van der Waals surface area contributed by atoms with E-state index in [1.165, 1.54) is 6.07 Å². The van der Waals surface area contributed by atoms with Crippen molar-refractivity contribution in [2.24, 2.45) is 5.14 Å². The molecule has 0 aliphatic rings. The first kappa shape index (κ1) is 12.6. The monoisotopic (exact) mass is 266 g/mol. The molecule has 7 heteroatoms. The summed E-state index contributed by atoms with van der Waals surface area (Å²) in [6.45, 7) is 3.57. The summed E-state index contributed by atoms with van der Waals surface area (Å²) >= 11 is 0. The third kappa shape index (κ3) is 2.22. The first-order chi connectivity index (χ1) is 8.29. The molecule has 2 rings (SSSR count). The van der Waals surface area contributed by atoms with Gasteiger partial charge in [0.15, 0.2) is 0 Å². The number of nitrogen functional groups attached to an aromatic ring is 1. The van der Waals surface area contributed by atoms with Gasteiger partial charge in [-0.1, -0.05) is 0 Å². The second-order valence-corrected chi connectivity index (χ2v) is 5.70. The highest BCUT2D eigenvalue weighted by molar-refractivity contribution is 7.89. The fourth-order valence-corrected chi connectivity index (χ4v) is 2.60. The molecule has 0 bridgehead atoms. The van der Waals surface area contributed by atoms with E-state index in [4.69, 9.17) is 10.9 Å². The van der Waals surface area contributed by atoms with Gasteiger partial charge >= 0.3 is 0 Å². The summed E-state index contributed by atoms with van der Waals surface area (Å²) in [6.07, 6.45) is 3.47. The standard InChI is InChI=1S/C11H14N4O2S/c1-7-5-14-15(6-7)10-3-9(12)4-11(8(10)2)18(13,16)17/h3-6H,12H2,1-2H3,(H2,13,16,17). The number of rotatable bonds is 2. The van der Waals surface area contributed by atoms with E-state index in [-0.39, 0.29) is 4.90 Å². The normalized spacial score (nSPS) is 11.7. The lowest BCUT2D eigenvalue weighted by Crippen LogP contribution is -2.15. The summed E-state index contributed by atoms with van der Waals surface area (Å²) in [4.78, 5) is 0.0191. The summed E-state index contributed by atoms with van der Waals surface area (Å²) in [5.41, 5.74) is 8.13. The van der Waals surface area contributed by atoms with Gasteiger partial charge in [0.1, 0.15) is 0 Å². The average molecular weight is 266 g/mol. The van der Waals surface area contributed by atoms with Crippen molar-refractivity contribution in [3.8, 4) is 5.69 Å². The van der Waals surface area contributed by atoms with Gasteiger partial charge in [0, 0.05) is 11.9 Å². The van der Waals surface area contributed by atoms with Crippen LogP contribution in [0.1, 0.15) is 11.1 Å². The van der Waals surface area contributed by atoms with Gasteiger partial charge in [0.25, 0.3) is 0 Å². The fourth-order valence-electron chi connectivity index (χ4n) is 1.77. The first-order valence-corrected chi connectivity index (χ1v) is 6.78. The molecule has 6 nitrogen and oxygen atoms in total. The molecular formula is C11H14N4O2S. The molecule has 18 heavy (non-hydrogen) atoms. The maximum absolute atomic E-state index is 11.5. The van der Waals surface area contributed by atoms with Crippen molar-refractivity contribution >= 4 is 15.7 Å². The molecule has 96 valence electrons. The smallest absolute Gasteiger partial charge is 0.238 e. The SMILES string of the molecule is Cc1cnn(-c2cc(N)cc(S(N)(=O)=O)c2C)c1. The molecule has 1 heterocycles. The van der Waals surface area contributed by atoms with Crippen molar-refractivity contribution in [3.63, 3.8) is 0 Å². The number of anilines is 1. The summed E-state index contributed by atoms with van der Waals surface area (Å²) < 4.78 is 24.6. The number of aromatic nitrogens is 2. The van der Waals surface area contributed by atoms with Crippen molar-refractivity contribution in [1.82, 2.24) is 9.78 Å². The highest BCUT2D eigenvalue weighted by atomic mass is 32.2. The van der Waals surface area contributed by atoms with Gasteiger partial charge in [-0.3, -0.25) is 0 Å². The number of benzene rings is 1. The number of nitrogens with zero attached hydrogens (tertiary/aromatic N) is 2. The van der Waals surface area contributed by atoms with E-state index in [0.29, 0.717) is 16.9 Å². The van der Waals surface area contributed by atoms with Crippen LogP contribution in [0, 0.1) is 13.8 Å². The van der Waals surface area contributed by atoms with Gasteiger partial charge in [-0.2, -0.15) is 5.10 Å². The zero-order valence-electron chi connectivity index (χ0n) is 10.1. The van der Waals surface area contributed by atoms with Crippen molar-refractivity contribution in [2.75, 3.05) is 5.73 Å². The van der Waals surface area contributed by atoms with Crippen LogP contribution in [0.5, 0.6) is 0 Å². The molecule has 0 aliphatic heterocycles. The van der Waals surface area contributed by atoms with Crippen LogP contribution in [0.15, 0.2) is 29.4 Å². The zero-order valence-corrected chi connectivity index (χ0v) is 10.9. The lowest BCUT2D eigenvalue weighted by Gasteiger charge is -2.11. The number of hydrogen-bond donors (Lipinski definition) is 2. The minimum atomic E-state index is -3.80. The molecule has 0 fully saturated rings. The maximum Gasteiger partial charge on any atom is 0.238 e. The maximum atomic E-state index is 11.5. The number of aryl methyl sites for hydroxylation is 1. The van der Waals surface area contributed by atoms with E-state index in [2.05, 4.69) is 5.10 Å². The van der Waals surface area contributed by atoms with Crippen LogP contribution in [0.3, 0.4) is 0 Å². The quantitative estimate of drug-likeness (QED) is 0.781. The third-order valence-corrected chi connectivity index (χ3v) is 3.66. The Balaban J connectivity index is 2.74. The molecule has 1 aromatic heterocycles. The number of hydrogen-bond acceptors (Lipinski definition) is 4. The Morgan fingerprint density at radius 3 is 2.44 bits per heavy atom. The van der Waals surface area contributed by atoms with Crippen molar-refractivity contribution in [1.29, 1.82) is 0 Å². The van der Waals surface area contributed by atoms with Crippen LogP contribution in [0.4, 0.5) is 5.69 Å². The average Bonchev–Trinajstić information content (AvgIpc) is 2.66. The second-order valence-electron chi connectivity index (χ2n) is 4.17. The van der Waals surface area contributed by atoms with Crippen molar-refractivity contribution < 1.29 is 8.42 Å². The van der Waals surface area contributed by atoms with E-state index < -0.39 is 10.0 Å². The topological polar surface area (TPSA) is 104 Å². The largest absolute Gasteiger partial charge is 0.399 e. The van der Waals surface area contributed by atoms with Crippen molar-refractivity contribution in [3.05, 3.63) is 35.7 Å². The van der Waals surface area contributed by atoms with E-state index in [1.54, 1.807) is 30.1 Å². The van der Waals surface area contributed by atoms with E-state index in [0.717, 1.165) is 5.56 Å². The Kier molecular flexibility index (Phi) is 2.88. The lowest BCUT2D eigenvalue weighted by atomic mass is 10.2. The molecule has 0 radical (unpaired) electrons. The molecule has 4 N–H and O–H groups in total. The first-order valence-electron chi connectivity index (χ1n) is 5.23. The highest BCUT2D eigenvalue weighted by Crippen LogP contribution is 2.24. The van der Waals surface area contributed by atoms with Crippen LogP contribution in [0.25, 0.3) is 5.69 Å². The minimum absolute atomic E-state index is 0.0191. The molecule has 0 saturated heterocycles. The molecule has 0 saturated carbocycles. The fraction of sp³-hybridized carbons (Fsp3) is 0.182. The number of primary sulfonamides is 1. The van der Waals surface area contributed by atoms with Gasteiger partial charge < -0.3 is 5.73 Å². The lowest BCUT2D eigenvalue weighted by molar-refractivity contribution is 0.597. The van der Waals surface area contributed by atoms with Gasteiger partial charge in [0.05, 0.1) is 16.8 Å². The van der Waals surface area contributed by atoms with Crippen LogP contribution < -0.4 is 10.9 Å². The van der Waals surface area contributed by atoms with Crippen LogP contribution in [-0.4, -0.2) is 18.2 Å². The molecule has 0 amide bonds. The Morgan fingerprint density at radius 2 is 1.94 bits per heavy atom. The molecule has 2 aromatic rings. The molecule has 0 atom stereocenters. The van der Waals surface area contributed by atoms with Gasteiger partial charge in [-0.15, -0.1) is 0 Å². The van der Waals surface area contributed by atoms with Crippen LogP contribution >= 0.6 is 0 Å². The van der Waals surface area contributed by atoms with Crippen LogP contribution in [-0.2, 0) is 10.0 Å². The third-order valence-electron chi connectivity index (χ3n) is 2.62. The predicted molar refractivity (Wildman–Crippen MR) is 68.8 cm³/mol. The number of sulfonamides is 1. The Morgan fingerprint density at radius 1 is 1.28 bits per heavy atom. The Bertz CT molecular complexity index is 704. The van der Waals surface area contributed by atoms with E-state index >= 15 is 0 Å². The molecule has 0 aliphatic carbocycles. The van der Waals surface area contributed by atoms with Crippen molar-refractivity contribution in [2.45, 2.75) is 18.7 Å². The summed E-state index contributed by atoms with van der Waals surface area (Å²) in [6, 6.07) is 3.01. The van der Waals surface area contributed by atoms with E-state index in [9.17, 15) is 8.42 Å². The predicted octanol–water partition coefficient (Wildman–Crippen LogP) is 0.719. The Labute approximate surface area is 105 Å². The summed E-state index contributed by atoms with van der Waals surface area (Å²) in [5.74, 6) is 0. The molecular weight excluding hydrogens is 252 g/mol. The van der Waals surface area contributed by atoms with Crippen LogP contribution in [0.2, 0.25) is 0 Å². The van der Waals surface area contributed by atoms with Gasteiger partial charge in [0.2, 0.25) is 10.0 Å². The molecule has 0 unspecified atom stereocenters. The minimum Gasteiger partial charge on any atom is -0.399 e. The van der Waals surface area contributed by atoms with Gasteiger partial charge in [-0.25, -0.2) is 18.2 Å². The zero-order chi connectivity index (χ0) is 13.5. The van der Waals surface area contributed by atoms with E-state index in [1.807, 2.05) is 6.92 Å². The molecule has 1 aromatic carbocycles. The van der Waals surface area contributed by atoms with Gasteiger partial charge in [-0.05, 0) is 37.1 Å². The second kappa shape index (κ2) is 4.11. The number of nitrogens with two attached hydrogens (primary N) is 2. The summed E-state index contributed by atoms with van der Waals surface area (Å²) in [7, 11) is -3.80.